The van der Waals surface area contributed by atoms with Crippen molar-refractivity contribution in [2.75, 3.05) is 19.6 Å². The number of nitrogens with zero attached hydrogens (tertiary/aromatic N) is 1. The van der Waals surface area contributed by atoms with Gasteiger partial charge in [-0.1, -0.05) is 35.8 Å². The third kappa shape index (κ3) is 3.92. The van der Waals surface area contributed by atoms with E-state index in [0.29, 0.717) is 17.3 Å². The first-order chi connectivity index (χ1) is 11.1. The maximum absolute atomic E-state index is 12.3. The summed E-state index contributed by atoms with van der Waals surface area (Å²) in [5, 5.41) is 10.9. The number of nitrogens with one attached hydrogen (secondary N) is 2. The van der Waals surface area contributed by atoms with Crippen LogP contribution in [0.4, 0.5) is 0 Å². The van der Waals surface area contributed by atoms with E-state index in [1.807, 2.05) is 12.1 Å². The van der Waals surface area contributed by atoms with E-state index in [9.17, 15) is 4.79 Å². The van der Waals surface area contributed by atoms with Gasteiger partial charge in [0.25, 0.3) is 5.91 Å². The number of rotatable bonds is 4. The maximum Gasteiger partial charge on any atom is 0.289 e. The van der Waals surface area contributed by atoms with Gasteiger partial charge in [-0.15, -0.1) is 0 Å². The van der Waals surface area contributed by atoms with Crippen molar-refractivity contribution in [2.24, 2.45) is 5.41 Å². The number of aromatic nitrogens is 1. The zero-order valence-electron chi connectivity index (χ0n) is 13.1. The van der Waals surface area contributed by atoms with Crippen LogP contribution in [0.3, 0.4) is 0 Å². The summed E-state index contributed by atoms with van der Waals surface area (Å²) in [5.41, 5.74) is 1.56. The predicted molar refractivity (Wildman–Crippen MR) is 89.5 cm³/mol. The molecule has 6 heteroatoms. The minimum Gasteiger partial charge on any atom is -0.350 e. The molecule has 1 aliphatic rings. The van der Waals surface area contributed by atoms with Crippen LogP contribution in [-0.4, -0.2) is 30.7 Å². The molecule has 1 amide bonds. The van der Waals surface area contributed by atoms with Crippen LogP contribution in [0.25, 0.3) is 11.3 Å². The van der Waals surface area contributed by atoms with Crippen molar-refractivity contribution in [1.29, 1.82) is 0 Å². The first-order valence-electron chi connectivity index (χ1n) is 7.77. The quantitative estimate of drug-likeness (QED) is 0.902. The van der Waals surface area contributed by atoms with E-state index in [1.165, 1.54) is 0 Å². The van der Waals surface area contributed by atoms with Crippen molar-refractivity contribution < 1.29 is 9.32 Å². The number of amides is 1. The number of benzene rings is 1. The summed E-state index contributed by atoms with van der Waals surface area (Å²) in [6.07, 6.45) is 2.11. The molecule has 3 rings (SSSR count). The monoisotopic (exact) mass is 333 g/mol. The molecule has 122 valence electrons. The summed E-state index contributed by atoms with van der Waals surface area (Å²) in [7, 11) is 0. The van der Waals surface area contributed by atoms with Gasteiger partial charge in [-0.25, -0.2) is 0 Å². The molecule has 2 heterocycles. The number of carbonyl (C=O) groups excluding carboxylic acids is 1. The number of hydrogen-bond donors (Lipinski definition) is 2. The van der Waals surface area contributed by atoms with Crippen molar-refractivity contribution in [2.45, 2.75) is 19.8 Å². The van der Waals surface area contributed by atoms with Gasteiger partial charge in [0.15, 0.2) is 0 Å². The van der Waals surface area contributed by atoms with Crippen molar-refractivity contribution in [3.8, 4) is 11.3 Å². The fraction of sp³-hybridized carbons (Fsp3) is 0.412. The largest absolute Gasteiger partial charge is 0.350 e. The second-order valence-electron chi connectivity index (χ2n) is 6.33. The Morgan fingerprint density at radius 2 is 2.17 bits per heavy atom. The van der Waals surface area contributed by atoms with Crippen LogP contribution in [0.15, 0.2) is 34.9 Å². The van der Waals surface area contributed by atoms with Crippen LogP contribution in [-0.2, 0) is 0 Å². The van der Waals surface area contributed by atoms with Crippen molar-refractivity contribution in [3.05, 3.63) is 41.1 Å². The second kappa shape index (κ2) is 6.72. The average Bonchev–Trinajstić information content (AvgIpc) is 3.03. The lowest BCUT2D eigenvalue weighted by Gasteiger charge is -2.33. The molecule has 1 aromatic heterocycles. The Morgan fingerprint density at radius 1 is 1.39 bits per heavy atom. The molecule has 0 aliphatic carbocycles. The number of carbonyl (C=O) groups is 1. The normalized spacial score (nSPS) is 17.0. The third-order valence-corrected chi connectivity index (χ3v) is 4.58. The van der Waals surface area contributed by atoms with Crippen molar-refractivity contribution in [1.82, 2.24) is 15.8 Å². The lowest BCUT2D eigenvalue weighted by atomic mass is 9.81. The predicted octanol–water partition coefficient (Wildman–Crippen LogP) is 3.11. The van der Waals surface area contributed by atoms with Crippen LogP contribution in [0.2, 0.25) is 5.02 Å². The van der Waals surface area contributed by atoms with E-state index in [4.69, 9.17) is 16.1 Å². The summed E-state index contributed by atoms with van der Waals surface area (Å²) in [6.45, 7) is 4.83. The molecule has 1 fully saturated rings. The summed E-state index contributed by atoms with van der Waals surface area (Å²) in [4.78, 5) is 12.3. The van der Waals surface area contributed by atoms with Crippen LogP contribution in [0, 0.1) is 5.41 Å². The third-order valence-electron chi connectivity index (χ3n) is 4.34. The molecule has 0 radical (unpaired) electrons. The van der Waals surface area contributed by atoms with Gasteiger partial charge in [-0.05, 0) is 43.5 Å². The van der Waals surface area contributed by atoms with Gasteiger partial charge in [0.1, 0.15) is 5.69 Å². The van der Waals surface area contributed by atoms with Gasteiger partial charge < -0.3 is 15.2 Å². The molecular weight excluding hydrogens is 314 g/mol. The topological polar surface area (TPSA) is 67.2 Å². The standard InChI is InChI=1S/C17H20ClN3O2/c1-17(5-7-19-8-6-17)11-20-16(22)15-10-14(21-23-15)12-3-2-4-13(18)9-12/h2-4,9-10,19H,5-8,11H2,1H3,(H,20,22). The lowest BCUT2D eigenvalue weighted by molar-refractivity contribution is 0.0885. The van der Waals surface area contributed by atoms with E-state index >= 15 is 0 Å². The summed E-state index contributed by atoms with van der Waals surface area (Å²) >= 11 is 5.97. The highest BCUT2D eigenvalue weighted by Gasteiger charge is 2.27. The fourth-order valence-corrected chi connectivity index (χ4v) is 2.94. The smallest absolute Gasteiger partial charge is 0.289 e. The van der Waals surface area contributed by atoms with Gasteiger partial charge in [-0.3, -0.25) is 4.79 Å². The minimum absolute atomic E-state index is 0.136. The zero-order chi connectivity index (χ0) is 16.3. The molecule has 0 bridgehead atoms. The van der Waals surface area contributed by atoms with Crippen LogP contribution in [0.1, 0.15) is 30.3 Å². The van der Waals surface area contributed by atoms with Gasteiger partial charge in [0.05, 0.1) is 0 Å². The van der Waals surface area contributed by atoms with Crippen LogP contribution >= 0.6 is 11.6 Å². The maximum atomic E-state index is 12.3. The fourth-order valence-electron chi connectivity index (χ4n) is 2.75. The molecule has 0 unspecified atom stereocenters. The van der Waals surface area contributed by atoms with E-state index in [-0.39, 0.29) is 17.1 Å². The Bertz CT molecular complexity index is 693. The summed E-state index contributed by atoms with van der Waals surface area (Å²) in [6, 6.07) is 8.94. The van der Waals surface area contributed by atoms with Gasteiger partial charge >= 0.3 is 0 Å². The van der Waals surface area contributed by atoms with E-state index in [0.717, 1.165) is 31.5 Å². The number of piperidine rings is 1. The van der Waals surface area contributed by atoms with Crippen molar-refractivity contribution in [3.63, 3.8) is 0 Å². The minimum atomic E-state index is -0.231. The van der Waals surface area contributed by atoms with Crippen LogP contribution in [0.5, 0.6) is 0 Å². The zero-order valence-corrected chi connectivity index (χ0v) is 13.8. The Hall–Kier alpha value is -1.85. The first-order valence-corrected chi connectivity index (χ1v) is 8.15. The Kier molecular flexibility index (Phi) is 4.68. The summed E-state index contributed by atoms with van der Waals surface area (Å²) < 4.78 is 5.18. The molecule has 1 aliphatic heterocycles. The highest BCUT2D eigenvalue weighted by molar-refractivity contribution is 6.30. The molecule has 2 aromatic rings. The molecule has 2 N–H and O–H groups in total. The lowest BCUT2D eigenvalue weighted by Crippen LogP contribution is -2.42. The number of hydrogen-bond acceptors (Lipinski definition) is 4. The average molecular weight is 334 g/mol. The van der Waals surface area contributed by atoms with Gasteiger partial charge in [0.2, 0.25) is 5.76 Å². The number of halogens is 1. The second-order valence-corrected chi connectivity index (χ2v) is 6.77. The Morgan fingerprint density at radius 3 is 2.91 bits per heavy atom. The molecule has 0 spiro atoms. The van der Waals surface area contributed by atoms with E-state index in [1.54, 1.807) is 18.2 Å². The molecule has 1 saturated heterocycles. The Balaban J connectivity index is 1.64. The highest BCUT2D eigenvalue weighted by atomic mass is 35.5. The first kappa shape index (κ1) is 16.0. The molecule has 23 heavy (non-hydrogen) atoms. The molecule has 0 atom stereocenters. The summed E-state index contributed by atoms with van der Waals surface area (Å²) in [5.74, 6) is -0.0111. The Labute approximate surface area is 140 Å². The van der Waals surface area contributed by atoms with E-state index in [2.05, 4.69) is 22.7 Å². The van der Waals surface area contributed by atoms with E-state index < -0.39 is 0 Å². The van der Waals surface area contributed by atoms with Gasteiger partial charge in [-0.2, -0.15) is 0 Å². The SMILES string of the molecule is CC1(CNC(=O)c2cc(-c3cccc(Cl)c3)no2)CCNCC1. The molecular formula is C17H20ClN3O2. The molecule has 5 nitrogen and oxygen atoms in total. The van der Waals surface area contributed by atoms with Crippen LogP contribution < -0.4 is 10.6 Å². The molecule has 1 aromatic carbocycles. The van der Waals surface area contributed by atoms with Crippen molar-refractivity contribution >= 4 is 17.5 Å². The van der Waals surface area contributed by atoms with Gasteiger partial charge in [0, 0.05) is 23.2 Å². The molecule has 0 saturated carbocycles. The highest BCUT2D eigenvalue weighted by Crippen LogP contribution is 2.27.